The number of rotatable bonds is 5. The number of hydrogen-bond donors (Lipinski definition) is 2. The van der Waals surface area contributed by atoms with E-state index in [2.05, 4.69) is 11.4 Å². The van der Waals surface area contributed by atoms with Gasteiger partial charge in [0, 0.05) is 19.2 Å². The molecule has 0 spiro atoms. The third kappa shape index (κ3) is 4.32. The van der Waals surface area contributed by atoms with Gasteiger partial charge >= 0.3 is 0 Å². The van der Waals surface area contributed by atoms with E-state index in [1.807, 2.05) is 20.8 Å². The quantitative estimate of drug-likeness (QED) is 0.640. The van der Waals surface area contributed by atoms with Gasteiger partial charge in [0.2, 0.25) is 0 Å². The highest BCUT2D eigenvalue weighted by Crippen LogP contribution is 2.01. The van der Waals surface area contributed by atoms with Gasteiger partial charge in [0.15, 0.2) is 0 Å². The van der Waals surface area contributed by atoms with Crippen molar-refractivity contribution >= 4 is 0 Å². The molecule has 0 aromatic carbocycles. The molecule has 70 valence electrons. The maximum absolute atomic E-state index is 8.82. The number of nitrogens with zero attached hydrogens (tertiary/aromatic N) is 1. The first-order valence-corrected chi connectivity index (χ1v) is 4.35. The van der Waals surface area contributed by atoms with Crippen LogP contribution in [0.4, 0.5) is 0 Å². The second-order valence-electron chi connectivity index (χ2n) is 3.39. The fourth-order valence-electron chi connectivity index (χ4n) is 0.768. The van der Waals surface area contributed by atoms with Crippen molar-refractivity contribution in [3.05, 3.63) is 0 Å². The molecule has 12 heavy (non-hydrogen) atoms. The summed E-state index contributed by atoms with van der Waals surface area (Å²) in [7, 11) is 0. The number of nitriles is 1. The predicted octanol–water partition coefficient (Wildman–Crippen LogP) is 0.753. The van der Waals surface area contributed by atoms with Gasteiger partial charge in [-0.2, -0.15) is 5.26 Å². The summed E-state index contributed by atoms with van der Waals surface area (Å²) in [5.74, 6) is 0.286. The Bertz CT molecular complexity index is 153. The lowest BCUT2D eigenvalue weighted by atomic mass is 10.0. The fraction of sp³-hybridized carbons (Fsp3) is 0.889. The van der Waals surface area contributed by atoms with Crippen molar-refractivity contribution in [2.24, 2.45) is 11.8 Å². The summed E-state index contributed by atoms with van der Waals surface area (Å²) in [6, 6.07) is 2.42. The fourth-order valence-corrected chi connectivity index (χ4v) is 0.768. The van der Waals surface area contributed by atoms with Crippen LogP contribution in [0.3, 0.4) is 0 Å². The molecule has 0 fully saturated rings. The largest absolute Gasteiger partial charge is 0.396 e. The van der Waals surface area contributed by atoms with Crippen molar-refractivity contribution in [3.8, 4) is 6.07 Å². The molecule has 0 heterocycles. The van der Waals surface area contributed by atoms with Crippen LogP contribution in [0.2, 0.25) is 0 Å². The average molecular weight is 170 g/mol. The first-order chi connectivity index (χ1) is 5.61. The molecule has 0 aromatic heterocycles. The molecule has 0 aromatic rings. The normalized spacial score (nSPS) is 17.9. The molecule has 0 aliphatic rings. The number of hydrogen-bond acceptors (Lipinski definition) is 3. The Kier molecular flexibility index (Phi) is 5.69. The average Bonchev–Trinajstić information content (AvgIpc) is 2.11. The first kappa shape index (κ1) is 11.4. The topological polar surface area (TPSA) is 56.0 Å². The molecule has 0 bridgehead atoms. The summed E-state index contributed by atoms with van der Waals surface area (Å²) in [4.78, 5) is 0. The molecule has 0 saturated carbocycles. The highest BCUT2D eigenvalue weighted by molar-refractivity contribution is 4.81. The second-order valence-corrected chi connectivity index (χ2v) is 3.39. The van der Waals surface area contributed by atoms with Crippen molar-refractivity contribution in [2.45, 2.75) is 26.8 Å². The van der Waals surface area contributed by atoms with Crippen molar-refractivity contribution in [1.29, 1.82) is 5.26 Å². The van der Waals surface area contributed by atoms with Crippen LogP contribution in [0.1, 0.15) is 20.8 Å². The SMILES string of the molecule is CC(C#N)CNC(C)C(C)CO. The van der Waals surface area contributed by atoms with Crippen LogP contribution < -0.4 is 5.32 Å². The molecular weight excluding hydrogens is 152 g/mol. The van der Waals surface area contributed by atoms with Crippen LogP contribution in [-0.4, -0.2) is 24.3 Å². The molecule has 0 rings (SSSR count). The zero-order chi connectivity index (χ0) is 9.56. The van der Waals surface area contributed by atoms with E-state index in [1.54, 1.807) is 0 Å². The molecule has 3 atom stereocenters. The third-order valence-electron chi connectivity index (χ3n) is 2.11. The smallest absolute Gasteiger partial charge is 0.0666 e. The predicted molar refractivity (Wildman–Crippen MR) is 48.5 cm³/mol. The maximum atomic E-state index is 8.82. The van der Waals surface area contributed by atoms with Crippen molar-refractivity contribution in [2.75, 3.05) is 13.2 Å². The van der Waals surface area contributed by atoms with Gasteiger partial charge in [-0.25, -0.2) is 0 Å². The lowest BCUT2D eigenvalue weighted by Gasteiger charge is -2.19. The van der Waals surface area contributed by atoms with Crippen LogP contribution in [0, 0.1) is 23.2 Å². The maximum Gasteiger partial charge on any atom is 0.0666 e. The standard InChI is InChI=1S/C9H18N2O/c1-7(4-10)5-11-9(3)8(2)6-12/h7-9,11-12H,5-6H2,1-3H3. The molecular formula is C9H18N2O. The van der Waals surface area contributed by atoms with Crippen LogP contribution in [0.25, 0.3) is 0 Å². The van der Waals surface area contributed by atoms with Gasteiger partial charge in [-0.3, -0.25) is 0 Å². The van der Waals surface area contributed by atoms with Crippen molar-refractivity contribution in [1.82, 2.24) is 5.32 Å². The Labute approximate surface area is 74.4 Å². The second kappa shape index (κ2) is 5.99. The molecule has 3 unspecified atom stereocenters. The summed E-state index contributed by atoms with van der Waals surface area (Å²) >= 11 is 0. The Morgan fingerprint density at radius 2 is 2.00 bits per heavy atom. The number of aliphatic hydroxyl groups excluding tert-OH is 1. The molecule has 0 saturated heterocycles. The minimum absolute atomic E-state index is 0.0401. The van der Waals surface area contributed by atoms with E-state index in [9.17, 15) is 0 Å². The minimum atomic E-state index is 0.0401. The monoisotopic (exact) mass is 170 g/mol. The zero-order valence-corrected chi connectivity index (χ0v) is 8.04. The summed E-state index contributed by atoms with van der Waals surface area (Å²) in [6.45, 7) is 6.76. The van der Waals surface area contributed by atoms with Gasteiger partial charge in [-0.15, -0.1) is 0 Å². The van der Waals surface area contributed by atoms with Crippen molar-refractivity contribution in [3.63, 3.8) is 0 Å². The van der Waals surface area contributed by atoms with Gasteiger partial charge in [-0.1, -0.05) is 6.92 Å². The molecule has 0 radical (unpaired) electrons. The lowest BCUT2D eigenvalue weighted by molar-refractivity contribution is 0.206. The summed E-state index contributed by atoms with van der Waals surface area (Å²) in [5.41, 5.74) is 0. The molecule has 3 heteroatoms. The minimum Gasteiger partial charge on any atom is -0.396 e. The van der Waals surface area contributed by atoms with E-state index in [-0.39, 0.29) is 24.5 Å². The van der Waals surface area contributed by atoms with Crippen LogP contribution >= 0.6 is 0 Å². The van der Waals surface area contributed by atoms with Gasteiger partial charge in [0.25, 0.3) is 0 Å². The van der Waals surface area contributed by atoms with Crippen molar-refractivity contribution < 1.29 is 5.11 Å². The molecule has 0 aliphatic heterocycles. The third-order valence-corrected chi connectivity index (χ3v) is 2.11. The summed E-state index contributed by atoms with van der Waals surface area (Å²) in [5, 5.41) is 20.5. The van der Waals surface area contributed by atoms with E-state index < -0.39 is 0 Å². The highest BCUT2D eigenvalue weighted by Gasteiger charge is 2.10. The molecule has 0 amide bonds. The highest BCUT2D eigenvalue weighted by atomic mass is 16.3. The van der Waals surface area contributed by atoms with E-state index in [1.165, 1.54) is 0 Å². The van der Waals surface area contributed by atoms with E-state index in [4.69, 9.17) is 10.4 Å². The summed E-state index contributed by atoms with van der Waals surface area (Å²) in [6.07, 6.45) is 0. The van der Waals surface area contributed by atoms with Crippen LogP contribution in [-0.2, 0) is 0 Å². The van der Waals surface area contributed by atoms with Gasteiger partial charge in [0.05, 0.1) is 12.0 Å². The molecule has 0 aliphatic carbocycles. The lowest BCUT2D eigenvalue weighted by Crippen LogP contribution is -2.36. The first-order valence-electron chi connectivity index (χ1n) is 4.35. The Balaban J connectivity index is 3.57. The Morgan fingerprint density at radius 3 is 2.42 bits per heavy atom. The van der Waals surface area contributed by atoms with Gasteiger partial charge in [0.1, 0.15) is 0 Å². The molecule has 3 nitrogen and oxygen atoms in total. The Hall–Kier alpha value is -0.590. The van der Waals surface area contributed by atoms with E-state index in [0.717, 1.165) is 0 Å². The van der Waals surface area contributed by atoms with Crippen LogP contribution in [0.15, 0.2) is 0 Å². The Morgan fingerprint density at radius 1 is 1.42 bits per heavy atom. The zero-order valence-electron chi connectivity index (χ0n) is 8.04. The van der Waals surface area contributed by atoms with E-state index >= 15 is 0 Å². The number of aliphatic hydroxyl groups is 1. The number of nitrogens with one attached hydrogen (secondary N) is 1. The molecule has 2 N–H and O–H groups in total. The summed E-state index contributed by atoms with van der Waals surface area (Å²) < 4.78 is 0. The van der Waals surface area contributed by atoms with Gasteiger partial charge in [-0.05, 0) is 19.8 Å². The van der Waals surface area contributed by atoms with Gasteiger partial charge < -0.3 is 10.4 Å². The van der Waals surface area contributed by atoms with E-state index in [0.29, 0.717) is 6.54 Å². The van der Waals surface area contributed by atoms with Crippen LogP contribution in [0.5, 0.6) is 0 Å².